The van der Waals surface area contributed by atoms with Crippen molar-refractivity contribution in [2.75, 3.05) is 18.8 Å². The van der Waals surface area contributed by atoms with E-state index in [9.17, 15) is 14.4 Å². The van der Waals surface area contributed by atoms with Crippen molar-refractivity contribution in [2.45, 2.75) is 12.3 Å². The second kappa shape index (κ2) is 4.94. The van der Waals surface area contributed by atoms with Crippen LogP contribution in [0, 0.1) is 0 Å². The van der Waals surface area contributed by atoms with Gasteiger partial charge in [-0.1, -0.05) is 12.1 Å². The van der Waals surface area contributed by atoms with Crippen molar-refractivity contribution >= 4 is 29.5 Å². The summed E-state index contributed by atoms with van der Waals surface area (Å²) in [5, 5.41) is 0.109. The van der Waals surface area contributed by atoms with E-state index in [1.165, 1.54) is 0 Å². The number of rotatable bonds is 2. The zero-order valence-corrected chi connectivity index (χ0v) is 11.9. The summed E-state index contributed by atoms with van der Waals surface area (Å²) in [5.41, 5.74) is 0.767. The van der Waals surface area contributed by atoms with Crippen LogP contribution in [0.15, 0.2) is 24.3 Å². The molecule has 1 unspecified atom stereocenters. The highest BCUT2D eigenvalue weighted by molar-refractivity contribution is 8.00. The highest BCUT2D eigenvalue weighted by Gasteiger charge is 2.38. The molecule has 1 saturated heterocycles. The molecule has 0 bridgehead atoms. The highest BCUT2D eigenvalue weighted by atomic mass is 32.2. The smallest absolute Gasteiger partial charge is 0.262 e. The van der Waals surface area contributed by atoms with Gasteiger partial charge in [-0.05, 0) is 19.1 Å². The third-order valence-electron chi connectivity index (χ3n) is 3.62. The molecule has 3 rings (SSSR count). The summed E-state index contributed by atoms with van der Waals surface area (Å²) in [7, 11) is 0. The molecule has 20 heavy (non-hydrogen) atoms. The number of carbonyl (C=O) groups is 3. The zero-order chi connectivity index (χ0) is 14.3. The van der Waals surface area contributed by atoms with Crippen LogP contribution in [-0.4, -0.2) is 51.7 Å². The molecule has 104 valence electrons. The number of fused-ring (bicyclic) bond motifs is 1. The van der Waals surface area contributed by atoms with Crippen LogP contribution in [0.1, 0.15) is 27.6 Å². The third kappa shape index (κ3) is 2.00. The largest absolute Gasteiger partial charge is 0.329 e. The molecule has 0 N–H and O–H groups in total. The molecule has 1 aromatic rings. The van der Waals surface area contributed by atoms with Crippen LogP contribution in [0.3, 0.4) is 0 Å². The fourth-order valence-electron chi connectivity index (χ4n) is 2.53. The SMILES string of the molecule is CC1SCCN1C(=O)CN1C(=O)c2ccccc2C1=O. The van der Waals surface area contributed by atoms with Gasteiger partial charge in [0.2, 0.25) is 5.91 Å². The van der Waals surface area contributed by atoms with Gasteiger partial charge in [0.15, 0.2) is 0 Å². The summed E-state index contributed by atoms with van der Waals surface area (Å²) in [6, 6.07) is 6.67. The van der Waals surface area contributed by atoms with E-state index in [1.807, 2.05) is 6.92 Å². The average Bonchev–Trinajstić information content (AvgIpc) is 2.97. The number of hydrogen-bond donors (Lipinski definition) is 0. The lowest BCUT2D eigenvalue weighted by molar-refractivity contribution is -0.131. The molecule has 1 fully saturated rings. The summed E-state index contributed by atoms with van der Waals surface area (Å²) in [5.74, 6) is -0.0245. The van der Waals surface area contributed by atoms with Crippen LogP contribution in [0.2, 0.25) is 0 Å². The molecule has 2 aliphatic rings. The summed E-state index contributed by atoms with van der Waals surface area (Å²) < 4.78 is 0. The minimum absolute atomic E-state index is 0.109. The molecule has 0 radical (unpaired) electrons. The first-order chi connectivity index (χ1) is 9.59. The van der Waals surface area contributed by atoms with Gasteiger partial charge in [0.1, 0.15) is 6.54 Å². The lowest BCUT2D eigenvalue weighted by Crippen LogP contribution is -2.43. The van der Waals surface area contributed by atoms with E-state index in [0.717, 1.165) is 10.7 Å². The van der Waals surface area contributed by atoms with Gasteiger partial charge in [-0.3, -0.25) is 19.3 Å². The summed E-state index contributed by atoms with van der Waals surface area (Å²) in [4.78, 5) is 39.3. The number of carbonyl (C=O) groups excluding carboxylic acids is 3. The Morgan fingerprint density at radius 3 is 2.35 bits per heavy atom. The van der Waals surface area contributed by atoms with Gasteiger partial charge in [-0.15, -0.1) is 11.8 Å². The molecule has 0 aliphatic carbocycles. The predicted octanol–water partition coefficient (Wildman–Crippen LogP) is 1.20. The summed E-state index contributed by atoms with van der Waals surface area (Å²) >= 11 is 1.70. The van der Waals surface area contributed by atoms with Gasteiger partial charge in [-0.2, -0.15) is 0 Å². The van der Waals surface area contributed by atoms with E-state index in [-0.39, 0.29) is 29.6 Å². The van der Waals surface area contributed by atoms with Gasteiger partial charge >= 0.3 is 0 Å². The standard InChI is InChI=1S/C14H14N2O3S/c1-9-15(6-7-20-9)12(17)8-16-13(18)10-4-2-3-5-11(10)14(16)19/h2-5,9H,6-8H2,1H3. The average molecular weight is 290 g/mol. The Morgan fingerprint density at radius 2 is 1.85 bits per heavy atom. The zero-order valence-electron chi connectivity index (χ0n) is 11.0. The second-order valence-electron chi connectivity index (χ2n) is 4.80. The monoisotopic (exact) mass is 290 g/mol. The lowest BCUT2D eigenvalue weighted by atomic mass is 10.1. The Labute approximate surface area is 120 Å². The van der Waals surface area contributed by atoms with Crippen molar-refractivity contribution in [3.05, 3.63) is 35.4 Å². The van der Waals surface area contributed by atoms with E-state index < -0.39 is 0 Å². The van der Waals surface area contributed by atoms with Crippen molar-refractivity contribution < 1.29 is 14.4 Å². The molecule has 1 atom stereocenters. The van der Waals surface area contributed by atoms with Crippen molar-refractivity contribution in [2.24, 2.45) is 0 Å². The van der Waals surface area contributed by atoms with Crippen LogP contribution in [0.5, 0.6) is 0 Å². The molecule has 2 heterocycles. The van der Waals surface area contributed by atoms with Gasteiger partial charge in [0.25, 0.3) is 11.8 Å². The number of hydrogen-bond acceptors (Lipinski definition) is 4. The number of nitrogens with zero attached hydrogens (tertiary/aromatic N) is 2. The maximum atomic E-state index is 12.2. The Hall–Kier alpha value is -1.82. The minimum atomic E-state index is -0.376. The summed E-state index contributed by atoms with van der Waals surface area (Å²) in [6.45, 7) is 2.46. The van der Waals surface area contributed by atoms with Crippen LogP contribution in [-0.2, 0) is 4.79 Å². The van der Waals surface area contributed by atoms with Gasteiger partial charge < -0.3 is 4.90 Å². The highest BCUT2D eigenvalue weighted by Crippen LogP contribution is 2.25. The first-order valence-corrected chi connectivity index (χ1v) is 7.51. The van der Waals surface area contributed by atoms with Gasteiger partial charge in [-0.25, -0.2) is 0 Å². The minimum Gasteiger partial charge on any atom is -0.329 e. The first-order valence-electron chi connectivity index (χ1n) is 6.46. The molecule has 0 spiro atoms. The van der Waals surface area contributed by atoms with Crippen molar-refractivity contribution in [3.8, 4) is 0 Å². The number of imide groups is 1. The lowest BCUT2D eigenvalue weighted by Gasteiger charge is -2.23. The molecule has 0 aromatic heterocycles. The molecule has 3 amide bonds. The fraction of sp³-hybridized carbons (Fsp3) is 0.357. The van der Waals surface area contributed by atoms with Crippen molar-refractivity contribution in [1.82, 2.24) is 9.80 Å². The number of thioether (sulfide) groups is 1. The maximum absolute atomic E-state index is 12.2. The van der Waals surface area contributed by atoms with E-state index >= 15 is 0 Å². The normalized spacial score (nSPS) is 21.6. The number of amides is 3. The quantitative estimate of drug-likeness (QED) is 0.768. The maximum Gasteiger partial charge on any atom is 0.262 e. The predicted molar refractivity (Wildman–Crippen MR) is 75.4 cm³/mol. The third-order valence-corrected chi connectivity index (χ3v) is 4.78. The van der Waals surface area contributed by atoms with Crippen LogP contribution >= 0.6 is 11.8 Å². The molecule has 1 aromatic carbocycles. The number of benzene rings is 1. The van der Waals surface area contributed by atoms with Crippen LogP contribution in [0.25, 0.3) is 0 Å². The Morgan fingerprint density at radius 1 is 1.25 bits per heavy atom. The molecule has 2 aliphatic heterocycles. The van der Waals surface area contributed by atoms with Crippen molar-refractivity contribution in [1.29, 1.82) is 0 Å². The first kappa shape index (κ1) is 13.2. The van der Waals surface area contributed by atoms with Crippen LogP contribution in [0.4, 0.5) is 0 Å². The molecule has 6 heteroatoms. The molecule has 0 saturated carbocycles. The van der Waals surface area contributed by atoms with Crippen LogP contribution < -0.4 is 0 Å². The Bertz CT molecular complexity index is 567. The van der Waals surface area contributed by atoms with E-state index in [4.69, 9.17) is 0 Å². The Kier molecular flexibility index (Phi) is 3.25. The van der Waals surface area contributed by atoms with Gasteiger partial charge in [0.05, 0.1) is 16.5 Å². The fourth-order valence-corrected chi connectivity index (χ4v) is 3.58. The molecular weight excluding hydrogens is 276 g/mol. The van der Waals surface area contributed by atoms with E-state index in [1.54, 1.807) is 40.9 Å². The Balaban J connectivity index is 1.78. The van der Waals surface area contributed by atoms with Gasteiger partial charge in [0, 0.05) is 12.3 Å². The van der Waals surface area contributed by atoms with E-state index in [2.05, 4.69) is 0 Å². The molecular formula is C14H14N2O3S. The van der Waals surface area contributed by atoms with E-state index in [0.29, 0.717) is 17.7 Å². The molecule has 5 nitrogen and oxygen atoms in total. The topological polar surface area (TPSA) is 57.7 Å². The summed E-state index contributed by atoms with van der Waals surface area (Å²) in [6.07, 6.45) is 0. The second-order valence-corrected chi connectivity index (χ2v) is 6.22. The van der Waals surface area contributed by atoms with Crippen molar-refractivity contribution in [3.63, 3.8) is 0 Å².